The minimum Gasteiger partial charge on any atom is -0.320 e. The van der Waals surface area contributed by atoms with Crippen molar-refractivity contribution >= 4 is 17.3 Å². The molecule has 1 amide bonds. The van der Waals surface area contributed by atoms with Gasteiger partial charge >= 0.3 is 0 Å². The molecule has 1 aliphatic heterocycles. The van der Waals surface area contributed by atoms with Crippen molar-refractivity contribution in [1.29, 1.82) is 0 Å². The van der Waals surface area contributed by atoms with Crippen LogP contribution < -0.4 is 10.6 Å². The number of rotatable bonds is 3. The fourth-order valence-electron chi connectivity index (χ4n) is 2.28. The Bertz CT molecular complexity index is 516. The van der Waals surface area contributed by atoms with Crippen LogP contribution in [0.1, 0.15) is 12.5 Å². The second-order valence-electron chi connectivity index (χ2n) is 5.01. The SMILES string of the molecule is Cc1ccc(NC(=O)[C@@H]2CNC[C@H]2C)c([N+](=O)[O-])c1. The zero-order valence-electron chi connectivity index (χ0n) is 11.0. The van der Waals surface area contributed by atoms with Gasteiger partial charge < -0.3 is 10.6 Å². The maximum Gasteiger partial charge on any atom is 0.293 e. The molecule has 1 aromatic rings. The van der Waals surface area contributed by atoms with Gasteiger partial charge in [-0.05, 0) is 31.0 Å². The highest BCUT2D eigenvalue weighted by Gasteiger charge is 2.30. The first-order valence-corrected chi connectivity index (χ1v) is 6.25. The summed E-state index contributed by atoms with van der Waals surface area (Å²) < 4.78 is 0. The van der Waals surface area contributed by atoms with Crippen LogP contribution in [0.3, 0.4) is 0 Å². The van der Waals surface area contributed by atoms with E-state index in [1.807, 2.05) is 6.92 Å². The van der Waals surface area contributed by atoms with Crippen LogP contribution in [0.5, 0.6) is 0 Å². The molecule has 1 saturated heterocycles. The van der Waals surface area contributed by atoms with Crippen LogP contribution in [0.4, 0.5) is 11.4 Å². The molecule has 2 N–H and O–H groups in total. The summed E-state index contributed by atoms with van der Waals surface area (Å²) >= 11 is 0. The highest BCUT2D eigenvalue weighted by atomic mass is 16.6. The number of carbonyl (C=O) groups excluding carboxylic acids is 1. The number of nitrogens with one attached hydrogen (secondary N) is 2. The molecule has 0 aliphatic carbocycles. The van der Waals surface area contributed by atoms with Crippen molar-refractivity contribution < 1.29 is 9.72 Å². The number of carbonyl (C=O) groups is 1. The van der Waals surface area contributed by atoms with Crippen molar-refractivity contribution in [3.05, 3.63) is 33.9 Å². The van der Waals surface area contributed by atoms with Crippen LogP contribution in [0.15, 0.2) is 18.2 Å². The maximum atomic E-state index is 12.1. The van der Waals surface area contributed by atoms with E-state index in [0.717, 1.165) is 12.1 Å². The molecule has 2 atom stereocenters. The molecule has 6 heteroatoms. The van der Waals surface area contributed by atoms with E-state index in [4.69, 9.17) is 0 Å². The van der Waals surface area contributed by atoms with Gasteiger partial charge in [-0.1, -0.05) is 13.0 Å². The fourth-order valence-corrected chi connectivity index (χ4v) is 2.28. The molecule has 102 valence electrons. The van der Waals surface area contributed by atoms with Crippen molar-refractivity contribution in [3.63, 3.8) is 0 Å². The van der Waals surface area contributed by atoms with Gasteiger partial charge in [-0.25, -0.2) is 0 Å². The third-order valence-corrected chi connectivity index (χ3v) is 3.46. The summed E-state index contributed by atoms with van der Waals surface area (Å²) in [6.07, 6.45) is 0. The number of aryl methyl sites for hydroxylation is 1. The number of nitro benzene ring substituents is 1. The van der Waals surface area contributed by atoms with Crippen molar-refractivity contribution in [2.45, 2.75) is 13.8 Å². The van der Waals surface area contributed by atoms with Gasteiger partial charge in [0.05, 0.1) is 10.8 Å². The van der Waals surface area contributed by atoms with Crippen LogP contribution in [0.2, 0.25) is 0 Å². The van der Waals surface area contributed by atoms with Gasteiger partial charge in [-0.3, -0.25) is 14.9 Å². The van der Waals surface area contributed by atoms with Crippen LogP contribution in [-0.4, -0.2) is 23.9 Å². The molecule has 2 rings (SSSR count). The van der Waals surface area contributed by atoms with Crippen LogP contribution in [-0.2, 0) is 4.79 Å². The van der Waals surface area contributed by atoms with E-state index in [1.54, 1.807) is 19.1 Å². The molecule has 1 aliphatic rings. The van der Waals surface area contributed by atoms with E-state index >= 15 is 0 Å². The first kappa shape index (κ1) is 13.5. The predicted octanol–water partition coefficient (Wildman–Crippen LogP) is 1.70. The summed E-state index contributed by atoms with van der Waals surface area (Å²) in [6.45, 7) is 5.19. The number of nitro groups is 1. The van der Waals surface area contributed by atoms with Gasteiger partial charge in [0, 0.05) is 12.6 Å². The Morgan fingerprint density at radius 2 is 2.21 bits per heavy atom. The number of amides is 1. The molecule has 1 aromatic carbocycles. The first-order chi connectivity index (χ1) is 8.99. The Hall–Kier alpha value is -1.95. The maximum absolute atomic E-state index is 12.1. The molecule has 0 saturated carbocycles. The average Bonchev–Trinajstić information content (AvgIpc) is 2.77. The fraction of sp³-hybridized carbons (Fsp3) is 0.462. The molecule has 0 radical (unpaired) electrons. The normalized spacial score (nSPS) is 22.2. The Morgan fingerprint density at radius 3 is 2.79 bits per heavy atom. The number of hydrogen-bond donors (Lipinski definition) is 2. The third-order valence-electron chi connectivity index (χ3n) is 3.46. The van der Waals surface area contributed by atoms with Gasteiger partial charge in [0.1, 0.15) is 5.69 Å². The van der Waals surface area contributed by atoms with Gasteiger partial charge in [-0.15, -0.1) is 0 Å². The molecule has 0 unspecified atom stereocenters. The highest BCUT2D eigenvalue weighted by molar-refractivity contribution is 5.95. The standard InChI is InChI=1S/C13H17N3O3/c1-8-3-4-11(12(5-8)16(18)19)15-13(17)10-7-14-6-9(10)2/h3-5,9-10,14H,6-7H2,1-2H3,(H,15,17)/t9-,10-/m1/s1. The topological polar surface area (TPSA) is 84.3 Å². The smallest absolute Gasteiger partial charge is 0.293 e. The minimum absolute atomic E-state index is 0.0630. The first-order valence-electron chi connectivity index (χ1n) is 6.25. The lowest BCUT2D eigenvalue weighted by Crippen LogP contribution is -2.28. The molecule has 0 aromatic heterocycles. The van der Waals surface area contributed by atoms with E-state index in [0.29, 0.717) is 6.54 Å². The van der Waals surface area contributed by atoms with E-state index in [-0.39, 0.29) is 29.1 Å². The van der Waals surface area contributed by atoms with Crippen molar-refractivity contribution in [1.82, 2.24) is 5.32 Å². The quantitative estimate of drug-likeness (QED) is 0.642. The monoisotopic (exact) mass is 263 g/mol. The summed E-state index contributed by atoms with van der Waals surface area (Å²) in [5.74, 6) is -0.0603. The number of hydrogen-bond acceptors (Lipinski definition) is 4. The minimum atomic E-state index is -0.473. The second kappa shape index (κ2) is 5.36. The lowest BCUT2D eigenvalue weighted by molar-refractivity contribution is -0.384. The summed E-state index contributed by atoms with van der Waals surface area (Å²) in [5, 5.41) is 16.8. The lowest BCUT2D eigenvalue weighted by atomic mass is 9.97. The van der Waals surface area contributed by atoms with Crippen molar-refractivity contribution in [2.75, 3.05) is 18.4 Å². The number of anilines is 1. The van der Waals surface area contributed by atoms with Crippen molar-refractivity contribution in [2.24, 2.45) is 11.8 Å². The Balaban J connectivity index is 2.19. The van der Waals surface area contributed by atoms with Crippen LogP contribution in [0, 0.1) is 28.9 Å². The number of benzene rings is 1. The molecule has 0 spiro atoms. The van der Waals surface area contributed by atoms with Gasteiger partial charge in [-0.2, -0.15) is 0 Å². The molecule has 1 heterocycles. The Labute approximate surface area is 111 Å². The zero-order valence-corrected chi connectivity index (χ0v) is 11.0. The lowest BCUT2D eigenvalue weighted by Gasteiger charge is -2.14. The molecule has 6 nitrogen and oxygen atoms in total. The van der Waals surface area contributed by atoms with E-state index in [1.165, 1.54) is 6.07 Å². The highest BCUT2D eigenvalue weighted by Crippen LogP contribution is 2.27. The van der Waals surface area contributed by atoms with Gasteiger partial charge in [0.25, 0.3) is 5.69 Å². The molecule has 1 fully saturated rings. The molecular weight excluding hydrogens is 246 g/mol. The van der Waals surface area contributed by atoms with E-state index in [2.05, 4.69) is 10.6 Å². The zero-order chi connectivity index (χ0) is 14.0. The summed E-state index contributed by atoms with van der Waals surface area (Å²) in [6, 6.07) is 4.79. The van der Waals surface area contributed by atoms with Gasteiger partial charge in [0.15, 0.2) is 0 Å². The number of nitrogens with zero attached hydrogens (tertiary/aromatic N) is 1. The van der Waals surface area contributed by atoms with E-state index in [9.17, 15) is 14.9 Å². The summed E-state index contributed by atoms with van der Waals surface area (Å²) in [7, 11) is 0. The van der Waals surface area contributed by atoms with Crippen LogP contribution >= 0.6 is 0 Å². The third kappa shape index (κ3) is 2.90. The molecule has 0 bridgehead atoms. The largest absolute Gasteiger partial charge is 0.320 e. The Morgan fingerprint density at radius 1 is 1.47 bits per heavy atom. The van der Waals surface area contributed by atoms with Gasteiger partial charge in [0.2, 0.25) is 5.91 Å². The summed E-state index contributed by atoms with van der Waals surface area (Å²) in [5.41, 5.74) is 0.993. The van der Waals surface area contributed by atoms with E-state index < -0.39 is 4.92 Å². The second-order valence-corrected chi connectivity index (χ2v) is 5.01. The van der Waals surface area contributed by atoms with Crippen molar-refractivity contribution in [3.8, 4) is 0 Å². The molecular formula is C13H17N3O3. The average molecular weight is 263 g/mol. The van der Waals surface area contributed by atoms with Crippen LogP contribution in [0.25, 0.3) is 0 Å². The Kier molecular flexibility index (Phi) is 3.80. The predicted molar refractivity (Wildman–Crippen MR) is 72.0 cm³/mol. The summed E-state index contributed by atoms with van der Waals surface area (Å²) in [4.78, 5) is 22.6. The molecule has 19 heavy (non-hydrogen) atoms.